The number of rotatable bonds is 3. The zero-order valence-electron chi connectivity index (χ0n) is 8.47. The Balaban J connectivity index is 3.24. The number of hydrogen-bond acceptors (Lipinski definition) is 4. The molecule has 1 amide bonds. The highest BCUT2D eigenvalue weighted by Gasteiger charge is 2.16. The van der Waals surface area contributed by atoms with Crippen molar-refractivity contribution in [2.75, 3.05) is 6.54 Å². The van der Waals surface area contributed by atoms with E-state index in [2.05, 4.69) is 5.32 Å². The molecule has 1 rings (SSSR count). The van der Waals surface area contributed by atoms with E-state index in [-0.39, 0.29) is 11.3 Å². The average molecular weight is 245 g/mol. The zero-order chi connectivity index (χ0) is 12.3. The van der Waals surface area contributed by atoms with Crippen molar-refractivity contribution in [2.45, 2.75) is 11.8 Å². The summed E-state index contributed by atoms with van der Waals surface area (Å²) in [5.74, 6) is -0.955. The van der Waals surface area contributed by atoms with E-state index in [0.717, 1.165) is 18.2 Å². The predicted octanol–water partition coefficient (Wildman–Crippen LogP) is 0.389. The van der Waals surface area contributed by atoms with Gasteiger partial charge in [-0.3, -0.25) is 9.35 Å². The monoisotopic (exact) mass is 245 g/mol. The Labute approximate surface area is 92.7 Å². The molecule has 0 fully saturated rings. The van der Waals surface area contributed by atoms with Crippen LogP contribution in [0.5, 0.6) is 5.75 Å². The van der Waals surface area contributed by atoms with Crippen LogP contribution < -0.4 is 5.32 Å². The van der Waals surface area contributed by atoms with E-state index in [9.17, 15) is 18.3 Å². The SMILES string of the molecule is CCNC(=O)c1cc(S(=O)(=O)O)ccc1O. The fourth-order valence-electron chi connectivity index (χ4n) is 1.11. The van der Waals surface area contributed by atoms with E-state index in [1.165, 1.54) is 0 Å². The number of amides is 1. The molecule has 88 valence electrons. The molecule has 3 N–H and O–H groups in total. The van der Waals surface area contributed by atoms with Crippen LogP contribution in [-0.4, -0.2) is 30.5 Å². The molecular formula is C9H11NO5S. The summed E-state index contributed by atoms with van der Waals surface area (Å²) in [5.41, 5.74) is -0.197. The highest BCUT2D eigenvalue weighted by molar-refractivity contribution is 7.85. The highest BCUT2D eigenvalue weighted by atomic mass is 32.2. The van der Waals surface area contributed by atoms with Gasteiger partial charge in [0.05, 0.1) is 10.5 Å². The van der Waals surface area contributed by atoms with Gasteiger partial charge in [0.1, 0.15) is 5.75 Å². The van der Waals surface area contributed by atoms with Crippen LogP contribution in [0.25, 0.3) is 0 Å². The maximum absolute atomic E-state index is 11.4. The Kier molecular flexibility index (Phi) is 3.51. The van der Waals surface area contributed by atoms with Crippen molar-refractivity contribution in [3.63, 3.8) is 0 Å². The van der Waals surface area contributed by atoms with E-state index in [4.69, 9.17) is 4.55 Å². The molecule has 6 nitrogen and oxygen atoms in total. The van der Waals surface area contributed by atoms with Gasteiger partial charge in [-0.1, -0.05) is 0 Å². The standard InChI is InChI=1S/C9H11NO5S/c1-2-10-9(12)7-5-6(16(13,14)15)3-4-8(7)11/h3-5,11H,2H2,1H3,(H,10,12)(H,13,14,15). The van der Waals surface area contributed by atoms with Gasteiger partial charge in [-0.05, 0) is 25.1 Å². The summed E-state index contributed by atoms with van der Waals surface area (Å²) in [5, 5.41) is 11.8. The summed E-state index contributed by atoms with van der Waals surface area (Å²) in [7, 11) is -4.38. The third-order valence-electron chi connectivity index (χ3n) is 1.85. The molecule has 0 bridgehead atoms. The molecule has 7 heteroatoms. The number of phenols is 1. The highest BCUT2D eigenvalue weighted by Crippen LogP contribution is 2.20. The maximum atomic E-state index is 11.4. The average Bonchev–Trinajstić information content (AvgIpc) is 2.16. The minimum Gasteiger partial charge on any atom is -0.507 e. The minimum absolute atomic E-state index is 0.197. The fourth-order valence-corrected chi connectivity index (χ4v) is 1.62. The molecule has 0 aliphatic rings. The third kappa shape index (κ3) is 2.71. The Morgan fingerprint density at radius 2 is 2.06 bits per heavy atom. The number of phenolic OH excluding ortho intramolecular Hbond substituents is 1. The van der Waals surface area contributed by atoms with Crippen molar-refractivity contribution in [2.24, 2.45) is 0 Å². The first-order valence-electron chi connectivity index (χ1n) is 4.45. The summed E-state index contributed by atoms with van der Waals surface area (Å²) in [6, 6.07) is 2.96. The molecule has 0 atom stereocenters. The third-order valence-corrected chi connectivity index (χ3v) is 2.70. The van der Waals surface area contributed by atoms with Gasteiger partial charge in [0.2, 0.25) is 0 Å². The van der Waals surface area contributed by atoms with Gasteiger partial charge in [0.25, 0.3) is 16.0 Å². The molecule has 16 heavy (non-hydrogen) atoms. The Bertz CT molecular complexity index is 509. The van der Waals surface area contributed by atoms with Crippen molar-refractivity contribution in [1.82, 2.24) is 5.32 Å². The van der Waals surface area contributed by atoms with Gasteiger partial charge in [-0.2, -0.15) is 8.42 Å². The fraction of sp³-hybridized carbons (Fsp3) is 0.222. The quantitative estimate of drug-likeness (QED) is 0.668. The lowest BCUT2D eigenvalue weighted by Gasteiger charge is -2.06. The molecule has 1 aromatic rings. The number of nitrogens with one attached hydrogen (secondary N) is 1. The van der Waals surface area contributed by atoms with E-state index in [1.807, 2.05) is 0 Å². The van der Waals surface area contributed by atoms with Gasteiger partial charge in [-0.15, -0.1) is 0 Å². The smallest absolute Gasteiger partial charge is 0.294 e. The predicted molar refractivity (Wildman–Crippen MR) is 55.9 cm³/mol. The topological polar surface area (TPSA) is 104 Å². The molecule has 0 aromatic heterocycles. The van der Waals surface area contributed by atoms with Crippen LogP contribution in [0.2, 0.25) is 0 Å². The van der Waals surface area contributed by atoms with Crippen LogP contribution in [-0.2, 0) is 10.1 Å². The zero-order valence-corrected chi connectivity index (χ0v) is 9.28. The van der Waals surface area contributed by atoms with Crippen LogP contribution >= 0.6 is 0 Å². The van der Waals surface area contributed by atoms with E-state index >= 15 is 0 Å². The van der Waals surface area contributed by atoms with Gasteiger partial charge in [0, 0.05) is 6.54 Å². The Morgan fingerprint density at radius 1 is 1.44 bits per heavy atom. The van der Waals surface area contributed by atoms with Crippen LogP contribution in [0.15, 0.2) is 23.1 Å². The van der Waals surface area contributed by atoms with Gasteiger partial charge in [0.15, 0.2) is 0 Å². The van der Waals surface area contributed by atoms with Crippen molar-refractivity contribution in [1.29, 1.82) is 0 Å². The second-order valence-electron chi connectivity index (χ2n) is 3.01. The van der Waals surface area contributed by atoms with E-state index < -0.39 is 20.9 Å². The lowest BCUT2D eigenvalue weighted by atomic mass is 10.2. The van der Waals surface area contributed by atoms with Crippen LogP contribution in [0.4, 0.5) is 0 Å². The molecule has 0 aliphatic heterocycles. The van der Waals surface area contributed by atoms with Crippen LogP contribution in [0.3, 0.4) is 0 Å². The molecule has 0 saturated carbocycles. The number of carbonyl (C=O) groups excluding carboxylic acids is 1. The maximum Gasteiger partial charge on any atom is 0.294 e. The molecule has 0 spiro atoms. The van der Waals surface area contributed by atoms with Crippen molar-refractivity contribution in [3.8, 4) is 5.75 Å². The lowest BCUT2D eigenvalue weighted by Crippen LogP contribution is -2.23. The lowest BCUT2D eigenvalue weighted by molar-refractivity contribution is 0.0953. The second kappa shape index (κ2) is 4.50. The normalized spacial score (nSPS) is 11.1. The Hall–Kier alpha value is -1.60. The van der Waals surface area contributed by atoms with Crippen molar-refractivity contribution in [3.05, 3.63) is 23.8 Å². The number of aromatic hydroxyl groups is 1. The number of hydrogen-bond donors (Lipinski definition) is 3. The molecule has 0 radical (unpaired) electrons. The van der Waals surface area contributed by atoms with E-state index in [1.54, 1.807) is 6.92 Å². The molecular weight excluding hydrogens is 234 g/mol. The summed E-state index contributed by atoms with van der Waals surface area (Å²) < 4.78 is 30.4. The first-order chi connectivity index (χ1) is 7.36. The van der Waals surface area contributed by atoms with Gasteiger partial charge in [-0.25, -0.2) is 0 Å². The van der Waals surface area contributed by atoms with Crippen molar-refractivity contribution >= 4 is 16.0 Å². The summed E-state index contributed by atoms with van der Waals surface area (Å²) in [6.07, 6.45) is 0. The first-order valence-corrected chi connectivity index (χ1v) is 5.89. The van der Waals surface area contributed by atoms with Crippen molar-refractivity contribution < 1.29 is 22.9 Å². The summed E-state index contributed by atoms with van der Waals surface area (Å²) in [6.45, 7) is 2.02. The van der Waals surface area contributed by atoms with E-state index in [0.29, 0.717) is 6.54 Å². The minimum atomic E-state index is -4.38. The first kappa shape index (κ1) is 12.5. The molecule has 0 saturated heterocycles. The van der Waals surface area contributed by atoms with Gasteiger partial charge >= 0.3 is 0 Å². The molecule has 0 aliphatic carbocycles. The van der Waals surface area contributed by atoms with Gasteiger partial charge < -0.3 is 10.4 Å². The number of benzene rings is 1. The number of carbonyl (C=O) groups is 1. The molecule has 1 aromatic carbocycles. The molecule has 0 unspecified atom stereocenters. The Morgan fingerprint density at radius 3 is 2.56 bits per heavy atom. The summed E-state index contributed by atoms with van der Waals surface area (Å²) >= 11 is 0. The molecule has 0 heterocycles. The van der Waals surface area contributed by atoms with Crippen LogP contribution in [0.1, 0.15) is 17.3 Å². The van der Waals surface area contributed by atoms with Crippen LogP contribution in [0, 0.1) is 0 Å². The largest absolute Gasteiger partial charge is 0.507 e. The summed E-state index contributed by atoms with van der Waals surface area (Å²) in [4.78, 5) is 11.0. The second-order valence-corrected chi connectivity index (χ2v) is 4.44.